The number of carboxylic acids is 1. The SMILES string of the molecule is O=C(O)C(c1ccccc1)N(CCO)C1CCCC1. The molecule has 0 bridgehead atoms. The molecule has 19 heavy (non-hydrogen) atoms. The standard InChI is InChI=1S/C15H21NO3/c17-11-10-16(13-8-4-5-9-13)14(15(18)19)12-6-2-1-3-7-12/h1-3,6-7,13-14,17H,4-5,8-11H2,(H,18,19). The van der Waals surface area contributed by atoms with Crippen LogP contribution in [0.2, 0.25) is 0 Å². The minimum atomic E-state index is -0.841. The fraction of sp³-hybridized carbons (Fsp3) is 0.533. The Kier molecular flexibility index (Phi) is 4.93. The number of aliphatic hydroxyl groups excluding tert-OH is 1. The molecule has 0 heterocycles. The molecule has 104 valence electrons. The first-order valence-corrected chi connectivity index (χ1v) is 6.88. The summed E-state index contributed by atoms with van der Waals surface area (Å²) < 4.78 is 0. The number of aliphatic hydroxyl groups is 1. The number of nitrogens with zero attached hydrogens (tertiary/aromatic N) is 1. The molecular weight excluding hydrogens is 242 g/mol. The molecule has 0 radical (unpaired) electrons. The number of rotatable bonds is 6. The van der Waals surface area contributed by atoms with Crippen molar-refractivity contribution in [3.63, 3.8) is 0 Å². The summed E-state index contributed by atoms with van der Waals surface area (Å²) >= 11 is 0. The molecule has 1 aromatic rings. The van der Waals surface area contributed by atoms with Crippen LogP contribution in [0, 0.1) is 0 Å². The van der Waals surface area contributed by atoms with Gasteiger partial charge < -0.3 is 10.2 Å². The molecule has 2 N–H and O–H groups in total. The van der Waals surface area contributed by atoms with Crippen LogP contribution < -0.4 is 0 Å². The Morgan fingerprint density at radius 2 is 1.89 bits per heavy atom. The van der Waals surface area contributed by atoms with Gasteiger partial charge in [-0.1, -0.05) is 43.2 Å². The van der Waals surface area contributed by atoms with E-state index in [1.807, 2.05) is 35.2 Å². The van der Waals surface area contributed by atoms with Gasteiger partial charge in [0.15, 0.2) is 0 Å². The van der Waals surface area contributed by atoms with Crippen molar-refractivity contribution in [1.29, 1.82) is 0 Å². The maximum absolute atomic E-state index is 11.6. The van der Waals surface area contributed by atoms with Gasteiger partial charge in [-0.25, -0.2) is 0 Å². The van der Waals surface area contributed by atoms with Crippen LogP contribution in [0.1, 0.15) is 37.3 Å². The van der Waals surface area contributed by atoms with Gasteiger partial charge in [0.25, 0.3) is 0 Å². The van der Waals surface area contributed by atoms with E-state index >= 15 is 0 Å². The summed E-state index contributed by atoms with van der Waals surface area (Å²) in [5, 5.41) is 18.8. The molecule has 1 saturated carbocycles. The van der Waals surface area contributed by atoms with Crippen LogP contribution in [-0.4, -0.2) is 40.3 Å². The van der Waals surface area contributed by atoms with Crippen molar-refractivity contribution in [3.05, 3.63) is 35.9 Å². The number of benzene rings is 1. The summed E-state index contributed by atoms with van der Waals surface area (Å²) in [7, 11) is 0. The Balaban J connectivity index is 2.26. The minimum absolute atomic E-state index is 0.00683. The second-order valence-electron chi connectivity index (χ2n) is 5.05. The Hall–Kier alpha value is -1.39. The number of hydrogen-bond acceptors (Lipinski definition) is 3. The lowest BCUT2D eigenvalue weighted by Gasteiger charge is -2.33. The van der Waals surface area contributed by atoms with Gasteiger partial charge in [0.1, 0.15) is 6.04 Å². The molecule has 4 nitrogen and oxygen atoms in total. The highest BCUT2D eigenvalue weighted by Gasteiger charge is 2.33. The van der Waals surface area contributed by atoms with Gasteiger partial charge >= 0.3 is 5.97 Å². The molecule has 4 heteroatoms. The van der Waals surface area contributed by atoms with Gasteiger partial charge in [0.05, 0.1) is 6.61 Å². The maximum Gasteiger partial charge on any atom is 0.325 e. The van der Waals surface area contributed by atoms with E-state index in [1.165, 1.54) is 0 Å². The van der Waals surface area contributed by atoms with Crippen LogP contribution in [0.5, 0.6) is 0 Å². The molecule has 1 fully saturated rings. The first-order chi connectivity index (χ1) is 9.24. The number of carbonyl (C=O) groups is 1. The Labute approximate surface area is 113 Å². The van der Waals surface area contributed by atoms with Crippen molar-refractivity contribution in [3.8, 4) is 0 Å². The van der Waals surface area contributed by atoms with Gasteiger partial charge in [-0.2, -0.15) is 0 Å². The molecule has 1 aliphatic carbocycles. The highest BCUT2D eigenvalue weighted by atomic mass is 16.4. The van der Waals surface area contributed by atoms with Crippen molar-refractivity contribution in [2.24, 2.45) is 0 Å². The summed E-state index contributed by atoms with van der Waals surface area (Å²) in [5.41, 5.74) is 0.787. The first kappa shape index (κ1) is 14.0. The van der Waals surface area contributed by atoms with Crippen LogP contribution in [0.25, 0.3) is 0 Å². The van der Waals surface area contributed by atoms with Gasteiger partial charge in [-0.05, 0) is 18.4 Å². The lowest BCUT2D eigenvalue weighted by molar-refractivity contribution is -0.145. The molecule has 1 aliphatic rings. The van der Waals surface area contributed by atoms with Gasteiger partial charge in [0.2, 0.25) is 0 Å². The van der Waals surface area contributed by atoms with Crippen molar-refractivity contribution < 1.29 is 15.0 Å². The van der Waals surface area contributed by atoms with E-state index in [9.17, 15) is 15.0 Å². The zero-order valence-corrected chi connectivity index (χ0v) is 11.0. The van der Waals surface area contributed by atoms with Gasteiger partial charge in [0, 0.05) is 12.6 Å². The predicted octanol–water partition coefficient (Wildman–Crippen LogP) is 2.05. The predicted molar refractivity (Wildman–Crippen MR) is 72.9 cm³/mol. The molecule has 0 amide bonds. The number of hydrogen-bond donors (Lipinski definition) is 2. The third-order valence-corrected chi connectivity index (χ3v) is 3.83. The van der Waals surface area contributed by atoms with E-state index in [-0.39, 0.29) is 12.6 Å². The van der Waals surface area contributed by atoms with Crippen LogP contribution in [-0.2, 0) is 4.79 Å². The molecule has 1 atom stereocenters. The summed E-state index contributed by atoms with van der Waals surface area (Å²) in [4.78, 5) is 13.6. The molecule has 0 aromatic heterocycles. The Bertz CT molecular complexity index is 401. The van der Waals surface area contributed by atoms with E-state index in [4.69, 9.17) is 0 Å². The van der Waals surface area contributed by atoms with Crippen molar-refractivity contribution in [2.45, 2.75) is 37.8 Å². The van der Waals surface area contributed by atoms with Gasteiger partial charge in [-0.3, -0.25) is 9.69 Å². The molecule has 1 unspecified atom stereocenters. The second-order valence-corrected chi connectivity index (χ2v) is 5.05. The highest BCUT2D eigenvalue weighted by molar-refractivity contribution is 5.75. The molecular formula is C15H21NO3. The summed E-state index contributed by atoms with van der Waals surface area (Å²) in [6.45, 7) is 0.406. The highest BCUT2D eigenvalue weighted by Crippen LogP contribution is 2.31. The van der Waals surface area contributed by atoms with E-state index in [0.29, 0.717) is 6.54 Å². The van der Waals surface area contributed by atoms with E-state index in [0.717, 1.165) is 31.2 Å². The average Bonchev–Trinajstić information content (AvgIpc) is 2.93. The van der Waals surface area contributed by atoms with Crippen LogP contribution in [0.3, 0.4) is 0 Å². The summed E-state index contributed by atoms with van der Waals surface area (Å²) in [5.74, 6) is -0.841. The molecule has 0 aliphatic heterocycles. The fourth-order valence-corrected chi connectivity index (χ4v) is 2.99. The Morgan fingerprint density at radius 1 is 1.26 bits per heavy atom. The van der Waals surface area contributed by atoms with E-state index in [2.05, 4.69) is 0 Å². The monoisotopic (exact) mass is 263 g/mol. The average molecular weight is 263 g/mol. The summed E-state index contributed by atoms with van der Waals surface area (Å²) in [6.07, 6.45) is 4.34. The van der Waals surface area contributed by atoms with Crippen molar-refractivity contribution in [2.75, 3.05) is 13.2 Å². The fourth-order valence-electron chi connectivity index (χ4n) is 2.99. The lowest BCUT2D eigenvalue weighted by Crippen LogP contribution is -2.42. The van der Waals surface area contributed by atoms with Crippen molar-refractivity contribution >= 4 is 5.97 Å². The Morgan fingerprint density at radius 3 is 2.42 bits per heavy atom. The van der Waals surface area contributed by atoms with E-state index < -0.39 is 12.0 Å². The van der Waals surface area contributed by atoms with Crippen LogP contribution >= 0.6 is 0 Å². The van der Waals surface area contributed by atoms with Gasteiger partial charge in [-0.15, -0.1) is 0 Å². The van der Waals surface area contributed by atoms with Crippen molar-refractivity contribution in [1.82, 2.24) is 4.90 Å². The minimum Gasteiger partial charge on any atom is -0.480 e. The van der Waals surface area contributed by atoms with Crippen LogP contribution in [0.15, 0.2) is 30.3 Å². The third-order valence-electron chi connectivity index (χ3n) is 3.83. The number of aliphatic carboxylic acids is 1. The van der Waals surface area contributed by atoms with E-state index in [1.54, 1.807) is 0 Å². The quantitative estimate of drug-likeness (QED) is 0.824. The largest absolute Gasteiger partial charge is 0.480 e. The molecule has 2 rings (SSSR count). The zero-order chi connectivity index (χ0) is 13.7. The zero-order valence-electron chi connectivity index (χ0n) is 11.0. The normalized spacial score (nSPS) is 17.8. The number of carboxylic acid groups (broad SMARTS) is 1. The molecule has 1 aromatic carbocycles. The van der Waals surface area contributed by atoms with Crippen LogP contribution in [0.4, 0.5) is 0 Å². The third kappa shape index (κ3) is 3.33. The molecule has 0 spiro atoms. The second kappa shape index (κ2) is 6.68. The maximum atomic E-state index is 11.6. The first-order valence-electron chi connectivity index (χ1n) is 6.88. The smallest absolute Gasteiger partial charge is 0.325 e. The topological polar surface area (TPSA) is 60.8 Å². The summed E-state index contributed by atoms with van der Waals surface area (Å²) in [6, 6.07) is 8.91. The lowest BCUT2D eigenvalue weighted by atomic mass is 10.0. The molecule has 0 saturated heterocycles.